The van der Waals surface area contributed by atoms with E-state index in [1.54, 1.807) is 0 Å². The maximum absolute atomic E-state index is 6.00. The molecular formula is C19H29N3OS. The summed E-state index contributed by atoms with van der Waals surface area (Å²) < 4.78 is 6.29. The average Bonchev–Trinajstić information content (AvgIpc) is 3.04. The predicted molar refractivity (Wildman–Crippen MR) is 103 cm³/mol. The van der Waals surface area contributed by atoms with Crippen molar-refractivity contribution in [2.75, 3.05) is 39.0 Å². The first-order valence-corrected chi connectivity index (χ1v) is 9.84. The largest absolute Gasteiger partial charge is 0.373 e. The summed E-state index contributed by atoms with van der Waals surface area (Å²) in [6, 6.07) is 10.6. The van der Waals surface area contributed by atoms with Crippen molar-refractivity contribution in [2.45, 2.75) is 31.1 Å². The molecule has 0 aliphatic carbocycles. The van der Waals surface area contributed by atoms with E-state index in [2.05, 4.69) is 59.4 Å². The number of hydrogen-bond donors (Lipinski definition) is 1. The summed E-state index contributed by atoms with van der Waals surface area (Å²) in [7, 11) is 1.89. The topological polar surface area (TPSA) is 36.9 Å². The van der Waals surface area contributed by atoms with E-state index in [0.29, 0.717) is 10.7 Å². The highest BCUT2D eigenvalue weighted by Gasteiger charge is 2.32. The Bertz CT molecular complexity index is 561. The lowest BCUT2D eigenvalue weighted by molar-refractivity contribution is 0.0913. The predicted octanol–water partition coefficient (Wildman–Crippen LogP) is 3.17. The number of thioether (sulfide) groups is 1. The van der Waals surface area contributed by atoms with Crippen LogP contribution in [0.2, 0.25) is 0 Å². The molecule has 1 aromatic rings. The Hall–Kier alpha value is -1.20. The molecule has 3 rings (SSSR count). The Morgan fingerprint density at radius 1 is 1.38 bits per heavy atom. The van der Waals surface area contributed by atoms with Gasteiger partial charge in [-0.2, -0.15) is 11.8 Å². The van der Waals surface area contributed by atoms with Crippen molar-refractivity contribution in [3.63, 3.8) is 0 Å². The van der Waals surface area contributed by atoms with Crippen molar-refractivity contribution in [3.05, 3.63) is 35.9 Å². The second-order valence-electron chi connectivity index (χ2n) is 7.21. The van der Waals surface area contributed by atoms with Crippen LogP contribution in [0.3, 0.4) is 0 Å². The first-order valence-electron chi connectivity index (χ1n) is 8.85. The van der Waals surface area contributed by atoms with E-state index >= 15 is 0 Å². The summed E-state index contributed by atoms with van der Waals surface area (Å²) in [5.41, 5.74) is 1.28. The SMILES string of the molecule is CN=C(NCC1CCOC1c1ccccc1)N1CCSC(C)(C)C1. The Labute approximate surface area is 150 Å². The Morgan fingerprint density at radius 3 is 2.88 bits per heavy atom. The molecule has 0 spiro atoms. The minimum absolute atomic E-state index is 0.199. The highest BCUT2D eigenvalue weighted by Crippen LogP contribution is 2.34. The zero-order valence-corrected chi connectivity index (χ0v) is 15.8. The quantitative estimate of drug-likeness (QED) is 0.673. The molecule has 4 nitrogen and oxygen atoms in total. The third kappa shape index (κ3) is 4.25. The van der Waals surface area contributed by atoms with E-state index in [0.717, 1.165) is 44.4 Å². The number of hydrogen-bond acceptors (Lipinski definition) is 3. The summed E-state index contributed by atoms with van der Waals surface area (Å²) >= 11 is 2.05. The van der Waals surface area contributed by atoms with Crippen molar-refractivity contribution in [1.29, 1.82) is 0 Å². The Morgan fingerprint density at radius 2 is 2.17 bits per heavy atom. The molecule has 132 valence electrons. The van der Waals surface area contributed by atoms with Gasteiger partial charge in [0.15, 0.2) is 5.96 Å². The fourth-order valence-corrected chi connectivity index (χ4v) is 4.72. The molecule has 1 aromatic carbocycles. The maximum Gasteiger partial charge on any atom is 0.193 e. The molecule has 5 heteroatoms. The highest BCUT2D eigenvalue weighted by molar-refractivity contribution is 8.00. The van der Waals surface area contributed by atoms with E-state index in [1.807, 2.05) is 18.8 Å². The molecule has 24 heavy (non-hydrogen) atoms. The second-order valence-corrected chi connectivity index (χ2v) is 9.01. The molecule has 2 aliphatic rings. The number of rotatable bonds is 3. The molecule has 0 radical (unpaired) electrons. The lowest BCUT2D eigenvalue weighted by atomic mass is 9.95. The van der Waals surface area contributed by atoms with Gasteiger partial charge in [-0.3, -0.25) is 4.99 Å². The molecule has 2 aliphatic heterocycles. The van der Waals surface area contributed by atoms with E-state index in [9.17, 15) is 0 Å². The molecule has 2 unspecified atom stereocenters. The minimum atomic E-state index is 0.199. The first kappa shape index (κ1) is 17.6. The minimum Gasteiger partial charge on any atom is -0.373 e. The van der Waals surface area contributed by atoms with E-state index < -0.39 is 0 Å². The molecule has 0 aromatic heterocycles. The van der Waals surface area contributed by atoms with Crippen LogP contribution in [0, 0.1) is 5.92 Å². The number of nitrogens with one attached hydrogen (secondary N) is 1. The molecule has 2 fully saturated rings. The van der Waals surface area contributed by atoms with Crippen molar-refractivity contribution in [3.8, 4) is 0 Å². The third-order valence-electron chi connectivity index (χ3n) is 4.80. The van der Waals surface area contributed by atoms with E-state index in [1.165, 1.54) is 5.56 Å². The van der Waals surface area contributed by atoms with Crippen LogP contribution < -0.4 is 5.32 Å². The zero-order chi connectivity index (χ0) is 17.0. The van der Waals surface area contributed by atoms with Crippen LogP contribution >= 0.6 is 11.8 Å². The summed E-state index contributed by atoms with van der Waals surface area (Å²) in [5.74, 6) is 2.69. The Balaban J connectivity index is 1.59. The normalized spacial score (nSPS) is 27.3. The summed E-state index contributed by atoms with van der Waals surface area (Å²) in [5, 5.41) is 3.61. The van der Waals surface area contributed by atoms with Gasteiger partial charge in [0, 0.05) is 49.7 Å². The van der Waals surface area contributed by atoms with E-state index in [4.69, 9.17) is 4.74 Å². The molecule has 2 atom stereocenters. The van der Waals surface area contributed by atoms with Crippen LogP contribution in [0.4, 0.5) is 0 Å². The van der Waals surface area contributed by atoms with Crippen LogP contribution in [-0.4, -0.2) is 54.6 Å². The van der Waals surface area contributed by atoms with Gasteiger partial charge in [-0.15, -0.1) is 0 Å². The number of ether oxygens (including phenoxy) is 1. The molecule has 0 saturated carbocycles. The number of nitrogens with zero attached hydrogens (tertiary/aromatic N) is 2. The van der Waals surface area contributed by atoms with Gasteiger partial charge in [0.1, 0.15) is 0 Å². The lowest BCUT2D eigenvalue weighted by Gasteiger charge is -2.39. The fraction of sp³-hybridized carbons (Fsp3) is 0.632. The Kier molecular flexibility index (Phi) is 5.72. The van der Waals surface area contributed by atoms with Crippen LogP contribution in [0.5, 0.6) is 0 Å². The molecule has 0 amide bonds. The van der Waals surface area contributed by atoms with Gasteiger partial charge >= 0.3 is 0 Å². The molecule has 2 saturated heterocycles. The smallest absolute Gasteiger partial charge is 0.193 e. The summed E-state index contributed by atoms with van der Waals surface area (Å²) in [6.45, 7) is 8.49. The molecule has 1 N–H and O–H groups in total. The van der Waals surface area contributed by atoms with Crippen LogP contribution in [-0.2, 0) is 4.74 Å². The van der Waals surface area contributed by atoms with Gasteiger partial charge in [0.2, 0.25) is 0 Å². The lowest BCUT2D eigenvalue weighted by Crippen LogP contribution is -2.51. The molecule has 0 bridgehead atoms. The van der Waals surface area contributed by atoms with Crippen LogP contribution in [0.15, 0.2) is 35.3 Å². The van der Waals surface area contributed by atoms with Gasteiger partial charge < -0.3 is 15.0 Å². The summed E-state index contributed by atoms with van der Waals surface area (Å²) in [6.07, 6.45) is 1.30. The number of guanidine groups is 1. The average molecular weight is 348 g/mol. The van der Waals surface area contributed by atoms with E-state index in [-0.39, 0.29) is 6.10 Å². The molecular weight excluding hydrogens is 318 g/mol. The first-order chi connectivity index (χ1) is 11.6. The monoisotopic (exact) mass is 347 g/mol. The zero-order valence-electron chi connectivity index (χ0n) is 15.0. The summed E-state index contributed by atoms with van der Waals surface area (Å²) in [4.78, 5) is 6.91. The van der Waals surface area contributed by atoms with Crippen molar-refractivity contribution in [1.82, 2.24) is 10.2 Å². The van der Waals surface area contributed by atoms with Gasteiger partial charge in [-0.25, -0.2) is 0 Å². The van der Waals surface area contributed by atoms with Gasteiger partial charge in [0.25, 0.3) is 0 Å². The van der Waals surface area contributed by atoms with Crippen molar-refractivity contribution < 1.29 is 4.74 Å². The standard InChI is InChI=1S/C19H29N3OS/c1-19(2)14-22(10-12-24-19)18(20-3)21-13-16-9-11-23-17(16)15-7-5-4-6-8-15/h4-8,16-17H,9-14H2,1-3H3,(H,20,21). The second kappa shape index (κ2) is 7.79. The van der Waals surface area contributed by atoms with Gasteiger partial charge in [-0.1, -0.05) is 30.3 Å². The number of aliphatic imine (C=N–C) groups is 1. The highest BCUT2D eigenvalue weighted by atomic mass is 32.2. The van der Waals surface area contributed by atoms with Crippen LogP contribution in [0.25, 0.3) is 0 Å². The number of benzene rings is 1. The van der Waals surface area contributed by atoms with Crippen molar-refractivity contribution >= 4 is 17.7 Å². The maximum atomic E-state index is 6.00. The fourth-order valence-electron chi connectivity index (χ4n) is 3.61. The third-order valence-corrected chi connectivity index (χ3v) is 6.10. The van der Waals surface area contributed by atoms with Gasteiger partial charge in [-0.05, 0) is 25.8 Å². The molecule has 2 heterocycles. The van der Waals surface area contributed by atoms with Crippen molar-refractivity contribution in [2.24, 2.45) is 10.9 Å². The van der Waals surface area contributed by atoms with Crippen LogP contribution in [0.1, 0.15) is 31.9 Å². The van der Waals surface area contributed by atoms with Gasteiger partial charge in [0.05, 0.1) is 6.10 Å².